The average molecular weight is 435 g/mol. The molecule has 1 N–H and O–H groups in total. The number of aromatic nitrogens is 4. The van der Waals surface area contributed by atoms with Crippen LogP contribution in [0.25, 0.3) is 22.4 Å². The van der Waals surface area contributed by atoms with Crippen molar-refractivity contribution >= 4 is 17.1 Å². The maximum absolute atomic E-state index is 13.1. The summed E-state index contributed by atoms with van der Waals surface area (Å²) in [5.74, 6) is 1.57. The second kappa shape index (κ2) is 9.42. The normalized spacial score (nSPS) is 10.8. The van der Waals surface area contributed by atoms with Crippen LogP contribution in [0.3, 0.4) is 0 Å². The number of ether oxygens (including phenoxy) is 3. The lowest BCUT2D eigenvalue weighted by atomic mass is 10.1. The van der Waals surface area contributed by atoms with Crippen molar-refractivity contribution in [1.29, 1.82) is 0 Å². The predicted octanol–water partition coefficient (Wildman–Crippen LogP) is 4.25. The smallest absolute Gasteiger partial charge is 0.247 e. The van der Waals surface area contributed by atoms with Gasteiger partial charge in [0, 0.05) is 6.54 Å². The van der Waals surface area contributed by atoms with Crippen LogP contribution in [0.5, 0.6) is 17.4 Å². The Labute approximate surface area is 184 Å². The highest BCUT2D eigenvalue weighted by atomic mass is 19.1. The Morgan fingerprint density at radius 2 is 1.66 bits per heavy atom. The number of hydrogen-bond acceptors (Lipinski definition) is 8. The zero-order chi connectivity index (χ0) is 22.5. The van der Waals surface area contributed by atoms with E-state index in [1.54, 1.807) is 32.5 Å². The molecule has 0 spiro atoms. The second-order valence-electron chi connectivity index (χ2n) is 6.73. The van der Waals surface area contributed by atoms with Crippen molar-refractivity contribution < 1.29 is 18.6 Å². The minimum absolute atomic E-state index is 0.285. The standard InChI is InChI=1S/C23H22FN5O3/c1-4-32-22-20-21(28-23(29-22)26-12-14-8-10-15(24)11-9-14)25-13-16(27-20)19-17(30-2)6-5-7-18(19)31-3/h5-11,13H,4,12H2,1-3H3,(H,25,26,28,29). The van der Waals surface area contributed by atoms with Gasteiger partial charge in [-0.15, -0.1) is 0 Å². The highest BCUT2D eigenvalue weighted by Gasteiger charge is 2.18. The Hall–Kier alpha value is -4.01. The molecule has 0 unspecified atom stereocenters. The topological polar surface area (TPSA) is 91.3 Å². The molecule has 0 bridgehead atoms. The van der Waals surface area contributed by atoms with Gasteiger partial charge in [0.2, 0.25) is 11.8 Å². The van der Waals surface area contributed by atoms with Crippen LogP contribution in [0.2, 0.25) is 0 Å². The number of benzene rings is 2. The number of nitrogens with one attached hydrogen (secondary N) is 1. The van der Waals surface area contributed by atoms with E-state index in [0.717, 1.165) is 5.56 Å². The van der Waals surface area contributed by atoms with Crippen molar-refractivity contribution in [2.45, 2.75) is 13.5 Å². The average Bonchev–Trinajstić information content (AvgIpc) is 2.83. The van der Waals surface area contributed by atoms with Crippen LogP contribution in [0.15, 0.2) is 48.7 Å². The lowest BCUT2D eigenvalue weighted by Gasteiger charge is -2.14. The molecule has 0 radical (unpaired) electrons. The summed E-state index contributed by atoms with van der Waals surface area (Å²) in [5.41, 5.74) is 2.90. The molecule has 9 heteroatoms. The summed E-state index contributed by atoms with van der Waals surface area (Å²) in [6.45, 7) is 2.68. The van der Waals surface area contributed by atoms with Gasteiger partial charge in [0.05, 0.1) is 38.3 Å². The van der Waals surface area contributed by atoms with E-state index < -0.39 is 0 Å². The molecule has 4 aromatic rings. The largest absolute Gasteiger partial charge is 0.496 e. The third-order valence-corrected chi connectivity index (χ3v) is 4.70. The van der Waals surface area contributed by atoms with Crippen molar-refractivity contribution in [3.8, 4) is 28.6 Å². The number of fused-ring (bicyclic) bond motifs is 1. The summed E-state index contributed by atoms with van der Waals surface area (Å²) in [6, 6.07) is 11.7. The SMILES string of the molecule is CCOc1nc(NCc2ccc(F)cc2)nc2ncc(-c3c(OC)cccc3OC)nc12. The molecular formula is C23H22FN5O3. The van der Waals surface area contributed by atoms with E-state index >= 15 is 0 Å². The molecule has 0 saturated carbocycles. The zero-order valence-corrected chi connectivity index (χ0v) is 17.9. The van der Waals surface area contributed by atoms with E-state index in [1.165, 1.54) is 12.1 Å². The first-order valence-electron chi connectivity index (χ1n) is 10.00. The zero-order valence-electron chi connectivity index (χ0n) is 17.9. The molecule has 32 heavy (non-hydrogen) atoms. The number of hydrogen-bond donors (Lipinski definition) is 1. The fourth-order valence-electron chi connectivity index (χ4n) is 3.21. The maximum atomic E-state index is 13.1. The van der Waals surface area contributed by atoms with E-state index in [9.17, 15) is 4.39 Å². The van der Waals surface area contributed by atoms with Gasteiger partial charge >= 0.3 is 0 Å². The lowest BCUT2D eigenvalue weighted by Crippen LogP contribution is -2.07. The second-order valence-corrected chi connectivity index (χ2v) is 6.73. The molecule has 8 nitrogen and oxygen atoms in total. The van der Waals surface area contributed by atoms with E-state index in [-0.39, 0.29) is 5.82 Å². The summed E-state index contributed by atoms with van der Waals surface area (Å²) in [6.07, 6.45) is 1.61. The summed E-state index contributed by atoms with van der Waals surface area (Å²) >= 11 is 0. The quantitative estimate of drug-likeness (QED) is 0.439. The number of nitrogens with zero attached hydrogens (tertiary/aromatic N) is 4. The monoisotopic (exact) mass is 435 g/mol. The molecule has 0 amide bonds. The van der Waals surface area contributed by atoms with Crippen LogP contribution in [0.1, 0.15) is 12.5 Å². The third kappa shape index (κ3) is 4.36. The molecule has 2 aromatic carbocycles. The highest BCUT2D eigenvalue weighted by molar-refractivity contribution is 5.82. The summed E-state index contributed by atoms with van der Waals surface area (Å²) < 4.78 is 29.8. The van der Waals surface area contributed by atoms with E-state index in [0.29, 0.717) is 58.9 Å². The molecule has 0 atom stereocenters. The number of rotatable bonds is 8. The van der Waals surface area contributed by atoms with Crippen molar-refractivity contribution in [1.82, 2.24) is 19.9 Å². The third-order valence-electron chi connectivity index (χ3n) is 4.70. The molecular weight excluding hydrogens is 413 g/mol. The first-order valence-corrected chi connectivity index (χ1v) is 10.00. The molecule has 4 rings (SSSR count). The Morgan fingerprint density at radius 3 is 2.31 bits per heavy atom. The van der Waals surface area contributed by atoms with Gasteiger partial charge < -0.3 is 19.5 Å². The van der Waals surface area contributed by atoms with Gasteiger partial charge in [-0.25, -0.2) is 14.4 Å². The van der Waals surface area contributed by atoms with Gasteiger partial charge in [0.15, 0.2) is 11.2 Å². The van der Waals surface area contributed by atoms with Crippen molar-refractivity contribution in [2.75, 3.05) is 26.1 Å². The van der Waals surface area contributed by atoms with Gasteiger partial charge in [-0.2, -0.15) is 9.97 Å². The molecule has 2 heterocycles. The molecule has 2 aromatic heterocycles. The summed E-state index contributed by atoms with van der Waals surface area (Å²) in [4.78, 5) is 18.1. The number of halogens is 1. The first-order chi connectivity index (χ1) is 15.6. The van der Waals surface area contributed by atoms with Crippen LogP contribution >= 0.6 is 0 Å². The van der Waals surface area contributed by atoms with Crippen LogP contribution in [-0.2, 0) is 6.54 Å². The first kappa shape index (κ1) is 21.2. The minimum atomic E-state index is -0.285. The number of methoxy groups -OCH3 is 2. The van der Waals surface area contributed by atoms with Gasteiger partial charge in [0.1, 0.15) is 17.3 Å². The summed E-state index contributed by atoms with van der Waals surface area (Å²) in [7, 11) is 3.17. The van der Waals surface area contributed by atoms with Crippen LogP contribution in [0, 0.1) is 5.82 Å². The van der Waals surface area contributed by atoms with E-state index in [4.69, 9.17) is 19.2 Å². The molecule has 0 aliphatic carbocycles. The van der Waals surface area contributed by atoms with E-state index in [2.05, 4.69) is 20.3 Å². The highest BCUT2D eigenvalue weighted by Crippen LogP contribution is 2.37. The van der Waals surface area contributed by atoms with Gasteiger partial charge in [-0.05, 0) is 36.8 Å². The van der Waals surface area contributed by atoms with Gasteiger partial charge in [-0.3, -0.25) is 0 Å². The van der Waals surface area contributed by atoms with Crippen LogP contribution in [-0.4, -0.2) is 40.8 Å². The fourth-order valence-corrected chi connectivity index (χ4v) is 3.21. The number of anilines is 1. The van der Waals surface area contributed by atoms with Crippen molar-refractivity contribution in [3.05, 3.63) is 60.0 Å². The summed E-state index contributed by atoms with van der Waals surface area (Å²) in [5, 5.41) is 3.12. The molecule has 0 fully saturated rings. The van der Waals surface area contributed by atoms with Crippen LogP contribution in [0.4, 0.5) is 10.3 Å². The van der Waals surface area contributed by atoms with Gasteiger partial charge in [-0.1, -0.05) is 18.2 Å². The van der Waals surface area contributed by atoms with E-state index in [1.807, 2.05) is 25.1 Å². The fraction of sp³-hybridized carbons (Fsp3) is 0.217. The Morgan fingerprint density at radius 1 is 0.938 bits per heavy atom. The Kier molecular flexibility index (Phi) is 6.25. The lowest BCUT2D eigenvalue weighted by molar-refractivity contribution is 0.330. The Balaban J connectivity index is 1.73. The molecule has 0 saturated heterocycles. The maximum Gasteiger partial charge on any atom is 0.247 e. The van der Waals surface area contributed by atoms with Gasteiger partial charge in [0.25, 0.3) is 0 Å². The molecule has 0 aliphatic heterocycles. The van der Waals surface area contributed by atoms with Crippen LogP contribution < -0.4 is 19.5 Å². The molecule has 0 aliphatic rings. The Bertz CT molecular complexity index is 1210. The van der Waals surface area contributed by atoms with Crippen molar-refractivity contribution in [3.63, 3.8) is 0 Å². The van der Waals surface area contributed by atoms with Crippen molar-refractivity contribution in [2.24, 2.45) is 0 Å². The minimum Gasteiger partial charge on any atom is -0.496 e. The molecule has 164 valence electrons. The predicted molar refractivity (Wildman–Crippen MR) is 119 cm³/mol.